The van der Waals surface area contributed by atoms with Gasteiger partial charge in [-0.25, -0.2) is 4.79 Å². The van der Waals surface area contributed by atoms with Crippen LogP contribution in [0.3, 0.4) is 0 Å². The van der Waals surface area contributed by atoms with E-state index in [1.165, 1.54) is 7.11 Å². The van der Waals surface area contributed by atoms with E-state index in [9.17, 15) is 14.7 Å². The smallest absolute Gasteiger partial charge is 0.328 e. The SMILES string of the molecule is C=CCN1[C@@H](CC(=O)N[C@H](C(=O)OC)C(C)C)[C@H](OCc2ccccc2)[C@@H](OCc2ccccc2)[C@H](OCc2ccccc2)[C@@H]1CO. The molecule has 1 saturated heterocycles. The van der Waals surface area contributed by atoms with Gasteiger partial charge in [0.05, 0.1) is 39.6 Å². The predicted octanol–water partition coefficient (Wildman–Crippen LogP) is 4.68. The first-order valence-electron chi connectivity index (χ1n) is 16.2. The summed E-state index contributed by atoms with van der Waals surface area (Å²) in [6.07, 6.45) is -0.237. The molecule has 0 saturated carbocycles. The number of benzene rings is 3. The molecule has 1 heterocycles. The summed E-state index contributed by atoms with van der Waals surface area (Å²) in [5, 5.41) is 13.8. The minimum Gasteiger partial charge on any atom is -0.467 e. The molecule has 0 bridgehead atoms. The van der Waals surface area contributed by atoms with Crippen LogP contribution in [-0.2, 0) is 48.4 Å². The van der Waals surface area contributed by atoms with E-state index in [1.807, 2.05) is 110 Å². The maximum atomic E-state index is 13.7. The predicted molar refractivity (Wildman–Crippen MR) is 180 cm³/mol. The van der Waals surface area contributed by atoms with Crippen LogP contribution in [0.1, 0.15) is 37.0 Å². The van der Waals surface area contributed by atoms with Crippen molar-refractivity contribution in [1.82, 2.24) is 10.2 Å². The lowest BCUT2D eigenvalue weighted by Crippen LogP contribution is -2.69. The van der Waals surface area contributed by atoms with Gasteiger partial charge in [-0.2, -0.15) is 0 Å². The van der Waals surface area contributed by atoms with Crippen molar-refractivity contribution in [3.63, 3.8) is 0 Å². The van der Waals surface area contributed by atoms with Crippen molar-refractivity contribution < 1.29 is 33.6 Å². The zero-order valence-corrected chi connectivity index (χ0v) is 27.6. The number of methoxy groups -OCH3 is 1. The van der Waals surface area contributed by atoms with E-state index in [2.05, 4.69) is 11.9 Å². The van der Waals surface area contributed by atoms with E-state index >= 15 is 0 Å². The number of amides is 1. The number of carbonyl (C=O) groups is 2. The van der Waals surface area contributed by atoms with Crippen molar-refractivity contribution in [3.05, 3.63) is 120 Å². The Morgan fingerprint density at radius 1 is 0.787 bits per heavy atom. The zero-order valence-electron chi connectivity index (χ0n) is 27.6. The highest BCUT2D eigenvalue weighted by molar-refractivity contribution is 5.85. The average Bonchev–Trinajstić information content (AvgIpc) is 3.10. The first-order chi connectivity index (χ1) is 22.9. The third-order valence-corrected chi connectivity index (χ3v) is 8.47. The highest BCUT2D eigenvalue weighted by Gasteiger charge is 2.51. The van der Waals surface area contributed by atoms with Gasteiger partial charge in [0.15, 0.2) is 0 Å². The molecule has 0 unspecified atom stereocenters. The lowest BCUT2D eigenvalue weighted by atomic mass is 9.85. The molecule has 1 fully saturated rings. The van der Waals surface area contributed by atoms with Gasteiger partial charge < -0.3 is 29.4 Å². The molecule has 9 heteroatoms. The monoisotopic (exact) mass is 644 g/mol. The van der Waals surface area contributed by atoms with Gasteiger partial charge in [-0.05, 0) is 22.6 Å². The highest BCUT2D eigenvalue weighted by atomic mass is 16.6. The number of esters is 1. The van der Waals surface area contributed by atoms with Crippen molar-refractivity contribution in [2.75, 3.05) is 20.3 Å². The van der Waals surface area contributed by atoms with E-state index in [0.29, 0.717) is 13.2 Å². The molecular formula is C38H48N2O7. The third-order valence-electron chi connectivity index (χ3n) is 8.47. The summed E-state index contributed by atoms with van der Waals surface area (Å²) in [5.74, 6) is -1.04. The molecule has 3 aromatic rings. The van der Waals surface area contributed by atoms with Gasteiger partial charge in [-0.1, -0.05) is 111 Å². The maximum absolute atomic E-state index is 13.7. The summed E-state index contributed by atoms with van der Waals surface area (Å²) in [6, 6.07) is 27.5. The topological polar surface area (TPSA) is 107 Å². The highest BCUT2D eigenvalue weighted by Crippen LogP contribution is 2.34. The fourth-order valence-corrected chi connectivity index (χ4v) is 6.06. The van der Waals surface area contributed by atoms with Crippen LogP contribution >= 0.6 is 0 Å². The number of nitrogens with one attached hydrogen (secondary N) is 1. The number of aliphatic hydroxyl groups is 1. The largest absolute Gasteiger partial charge is 0.467 e. The van der Waals surface area contributed by atoms with Gasteiger partial charge in [-0.15, -0.1) is 6.58 Å². The van der Waals surface area contributed by atoms with Crippen LogP contribution in [0.4, 0.5) is 0 Å². The fourth-order valence-electron chi connectivity index (χ4n) is 6.06. The van der Waals surface area contributed by atoms with Crippen LogP contribution < -0.4 is 5.32 Å². The Morgan fingerprint density at radius 3 is 1.64 bits per heavy atom. The average molecular weight is 645 g/mol. The van der Waals surface area contributed by atoms with Crippen LogP contribution in [0.5, 0.6) is 0 Å². The van der Waals surface area contributed by atoms with Gasteiger partial charge in [0.2, 0.25) is 5.91 Å². The summed E-state index contributed by atoms with van der Waals surface area (Å²) >= 11 is 0. The minimum absolute atomic E-state index is 0.0272. The van der Waals surface area contributed by atoms with Crippen LogP contribution in [0.25, 0.3) is 0 Å². The van der Waals surface area contributed by atoms with Crippen molar-refractivity contribution in [1.29, 1.82) is 0 Å². The molecular weight excluding hydrogens is 596 g/mol. The number of likely N-dealkylation sites (tertiary alicyclic amines) is 1. The first kappa shape index (κ1) is 36.0. The number of rotatable bonds is 17. The molecule has 0 spiro atoms. The normalized spacial score (nSPS) is 22.0. The molecule has 4 rings (SSSR count). The fraction of sp³-hybridized carbons (Fsp3) is 0.421. The van der Waals surface area contributed by atoms with Crippen LogP contribution in [0, 0.1) is 5.92 Å². The second-order valence-electron chi connectivity index (χ2n) is 12.1. The van der Waals surface area contributed by atoms with Gasteiger partial charge in [-0.3, -0.25) is 9.69 Å². The number of piperidine rings is 1. The number of carbonyl (C=O) groups excluding carboxylic acids is 2. The Hall–Kier alpha value is -3.86. The second-order valence-corrected chi connectivity index (χ2v) is 12.1. The summed E-state index contributed by atoms with van der Waals surface area (Å²) in [6.45, 7) is 8.62. The minimum atomic E-state index is -0.812. The Morgan fingerprint density at radius 2 is 1.23 bits per heavy atom. The lowest BCUT2D eigenvalue weighted by Gasteiger charge is -2.52. The molecule has 2 N–H and O–H groups in total. The number of ether oxygens (including phenoxy) is 4. The number of hydrogen-bond donors (Lipinski definition) is 2. The molecule has 47 heavy (non-hydrogen) atoms. The molecule has 9 nitrogen and oxygen atoms in total. The van der Waals surface area contributed by atoms with Crippen LogP contribution in [-0.4, -0.2) is 78.6 Å². The molecule has 0 radical (unpaired) electrons. The molecule has 1 aliphatic rings. The molecule has 3 aromatic carbocycles. The zero-order chi connectivity index (χ0) is 33.6. The van der Waals surface area contributed by atoms with Crippen molar-refractivity contribution in [2.24, 2.45) is 5.92 Å². The second kappa shape index (κ2) is 18.5. The molecule has 6 atom stereocenters. The Balaban J connectivity index is 1.73. The van der Waals surface area contributed by atoms with Gasteiger partial charge >= 0.3 is 5.97 Å². The summed E-state index contributed by atoms with van der Waals surface area (Å²) in [7, 11) is 1.31. The molecule has 252 valence electrons. The number of hydrogen-bond acceptors (Lipinski definition) is 8. The van der Waals surface area contributed by atoms with E-state index < -0.39 is 42.4 Å². The first-order valence-corrected chi connectivity index (χ1v) is 16.2. The van der Waals surface area contributed by atoms with E-state index in [1.54, 1.807) is 6.08 Å². The van der Waals surface area contributed by atoms with Gasteiger partial charge in [0.25, 0.3) is 0 Å². The molecule has 0 aromatic heterocycles. The van der Waals surface area contributed by atoms with Crippen molar-refractivity contribution in [2.45, 2.75) is 76.5 Å². The van der Waals surface area contributed by atoms with E-state index in [0.717, 1.165) is 16.7 Å². The van der Waals surface area contributed by atoms with Crippen LogP contribution in [0.2, 0.25) is 0 Å². The van der Waals surface area contributed by atoms with Crippen molar-refractivity contribution >= 4 is 11.9 Å². The molecule has 1 aliphatic heterocycles. The molecule has 0 aliphatic carbocycles. The van der Waals surface area contributed by atoms with Crippen LogP contribution in [0.15, 0.2) is 104 Å². The Bertz CT molecular complexity index is 1370. The Kier molecular flexibility index (Phi) is 14.1. The quantitative estimate of drug-likeness (QED) is 0.161. The van der Waals surface area contributed by atoms with Gasteiger partial charge in [0, 0.05) is 19.0 Å². The summed E-state index contributed by atoms with van der Waals surface area (Å²) in [5.41, 5.74) is 2.91. The molecule has 1 amide bonds. The summed E-state index contributed by atoms with van der Waals surface area (Å²) < 4.78 is 25.0. The standard InChI is InChI=1S/C38H48N2O7/c1-5-21-40-31(22-33(42)39-34(27(2)3)38(43)44-4)35(45-24-28-15-9-6-10-16-28)37(47-26-30-19-13-8-14-20-30)36(32(40)23-41)46-25-29-17-11-7-12-18-29/h5-20,27,31-32,34-37,41H,1,21-26H2,2-4H3,(H,39,42)/t31-,32-,34-,35-,36+,37+/m0/s1. The number of aliphatic hydroxyl groups excluding tert-OH is 1. The summed E-state index contributed by atoms with van der Waals surface area (Å²) in [4.78, 5) is 28.3. The lowest BCUT2D eigenvalue weighted by molar-refractivity contribution is -0.226. The van der Waals surface area contributed by atoms with Crippen molar-refractivity contribution in [3.8, 4) is 0 Å². The van der Waals surface area contributed by atoms with E-state index in [-0.39, 0.29) is 38.1 Å². The Labute approximate surface area is 278 Å². The maximum Gasteiger partial charge on any atom is 0.328 e. The number of nitrogens with zero attached hydrogens (tertiary/aromatic N) is 1. The van der Waals surface area contributed by atoms with E-state index in [4.69, 9.17) is 18.9 Å². The third kappa shape index (κ3) is 10.1. The van der Waals surface area contributed by atoms with Gasteiger partial charge in [0.1, 0.15) is 24.4 Å².